The number of hydrogen-bond acceptors (Lipinski definition) is 4. The Hall–Kier alpha value is -1.40. The van der Waals surface area contributed by atoms with E-state index in [1.54, 1.807) is 4.68 Å². The Morgan fingerprint density at radius 2 is 2.05 bits per heavy atom. The second-order valence-corrected chi connectivity index (χ2v) is 5.77. The van der Waals surface area contributed by atoms with Gasteiger partial charge in [0.05, 0.1) is 11.3 Å². The summed E-state index contributed by atoms with van der Waals surface area (Å²) in [5, 5.41) is 4.25. The van der Waals surface area contributed by atoms with Gasteiger partial charge in [-0.3, -0.25) is 14.4 Å². The number of rotatable bonds is 5. The van der Waals surface area contributed by atoms with Crippen molar-refractivity contribution in [2.75, 3.05) is 32.7 Å². The molecule has 2 rings (SSSR count). The minimum Gasteiger partial charge on any atom is -0.336 e. The number of nitrogens with two attached hydrogens (primary N) is 1. The van der Waals surface area contributed by atoms with Crippen LogP contribution < -0.4 is 5.73 Å². The van der Waals surface area contributed by atoms with Gasteiger partial charge in [0.1, 0.15) is 0 Å². The Balaban J connectivity index is 1.94. The van der Waals surface area contributed by atoms with Crippen LogP contribution in [0, 0.1) is 6.92 Å². The normalized spacial score (nSPS) is 18.0. The Morgan fingerprint density at radius 3 is 2.52 bits per heavy atom. The van der Waals surface area contributed by atoms with Gasteiger partial charge in [-0.05, 0) is 26.3 Å². The molecule has 6 heteroatoms. The molecule has 0 bridgehead atoms. The molecule has 0 saturated carbocycles. The van der Waals surface area contributed by atoms with Crippen LogP contribution in [0.1, 0.15) is 35.8 Å². The minimum absolute atomic E-state index is 0.104. The lowest BCUT2D eigenvalue weighted by molar-refractivity contribution is 0.0556. The van der Waals surface area contributed by atoms with Crippen molar-refractivity contribution in [3.8, 4) is 0 Å². The molecule has 0 spiro atoms. The number of aromatic nitrogens is 2. The van der Waals surface area contributed by atoms with Gasteiger partial charge in [0.25, 0.3) is 5.91 Å². The lowest BCUT2D eigenvalue weighted by Crippen LogP contribution is -2.52. The molecular formula is C15H27N5O. The van der Waals surface area contributed by atoms with Crippen LogP contribution in [0.4, 0.5) is 0 Å². The second kappa shape index (κ2) is 7.04. The summed E-state index contributed by atoms with van der Waals surface area (Å²) < 4.78 is 1.70. The fourth-order valence-electron chi connectivity index (χ4n) is 3.11. The Morgan fingerprint density at radius 1 is 1.38 bits per heavy atom. The van der Waals surface area contributed by atoms with E-state index in [-0.39, 0.29) is 5.91 Å². The van der Waals surface area contributed by atoms with E-state index >= 15 is 0 Å². The molecule has 1 aliphatic rings. The Labute approximate surface area is 126 Å². The van der Waals surface area contributed by atoms with Crippen molar-refractivity contribution >= 4 is 5.91 Å². The van der Waals surface area contributed by atoms with Crippen LogP contribution in [0.15, 0.2) is 6.20 Å². The van der Waals surface area contributed by atoms with Crippen molar-refractivity contribution in [1.82, 2.24) is 19.6 Å². The Kier molecular flexibility index (Phi) is 5.36. The fraction of sp³-hybridized carbons (Fsp3) is 0.733. The highest BCUT2D eigenvalue weighted by atomic mass is 16.2. The highest BCUT2D eigenvalue weighted by molar-refractivity contribution is 5.95. The number of aryl methyl sites for hydroxylation is 2. The molecule has 1 saturated heterocycles. The Bertz CT molecular complexity index is 476. The maximum Gasteiger partial charge on any atom is 0.257 e. The zero-order chi connectivity index (χ0) is 15.4. The molecule has 1 amide bonds. The lowest BCUT2D eigenvalue weighted by atomic mass is 10.1. The van der Waals surface area contributed by atoms with E-state index in [0.717, 1.165) is 56.8 Å². The molecule has 1 atom stereocenters. The monoisotopic (exact) mass is 293 g/mol. The summed E-state index contributed by atoms with van der Waals surface area (Å²) in [6, 6.07) is 0.549. The topological polar surface area (TPSA) is 67.4 Å². The number of nitrogens with zero attached hydrogens (tertiary/aromatic N) is 4. The van der Waals surface area contributed by atoms with Crippen molar-refractivity contribution in [1.29, 1.82) is 0 Å². The average molecular weight is 293 g/mol. The van der Waals surface area contributed by atoms with Crippen molar-refractivity contribution in [3.05, 3.63) is 17.5 Å². The van der Waals surface area contributed by atoms with Gasteiger partial charge >= 0.3 is 0 Å². The van der Waals surface area contributed by atoms with Crippen molar-refractivity contribution in [2.24, 2.45) is 12.8 Å². The highest BCUT2D eigenvalue weighted by Crippen LogP contribution is 2.15. The molecule has 0 aliphatic carbocycles. The molecule has 6 nitrogen and oxygen atoms in total. The molecule has 21 heavy (non-hydrogen) atoms. The number of amides is 1. The largest absolute Gasteiger partial charge is 0.336 e. The van der Waals surface area contributed by atoms with Gasteiger partial charge in [0.2, 0.25) is 0 Å². The molecular weight excluding hydrogens is 266 g/mol. The van der Waals surface area contributed by atoms with Crippen molar-refractivity contribution < 1.29 is 4.79 Å². The van der Waals surface area contributed by atoms with Gasteiger partial charge in [0.15, 0.2) is 0 Å². The van der Waals surface area contributed by atoms with E-state index in [0.29, 0.717) is 6.04 Å². The number of carbonyl (C=O) groups excluding carboxylic acids is 1. The quantitative estimate of drug-likeness (QED) is 0.864. The van der Waals surface area contributed by atoms with Crippen LogP contribution in [0.3, 0.4) is 0 Å². The average Bonchev–Trinajstić information content (AvgIpc) is 2.83. The zero-order valence-corrected chi connectivity index (χ0v) is 13.4. The van der Waals surface area contributed by atoms with Crippen LogP contribution >= 0.6 is 0 Å². The number of hydrogen-bond donors (Lipinski definition) is 1. The van der Waals surface area contributed by atoms with E-state index in [4.69, 9.17) is 5.73 Å². The molecule has 1 aromatic heterocycles. The number of piperazine rings is 1. The third-order valence-electron chi connectivity index (χ3n) is 4.33. The van der Waals surface area contributed by atoms with E-state index in [1.165, 1.54) is 0 Å². The van der Waals surface area contributed by atoms with Crippen LogP contribution in [0.5, 0.6) is 0 Å². The fourth-order valence-corrected chi connectivity index (χ4v) is 3.11. The molecule has 118 valence electrons. The standard InChI is InChI=1S/C15H27N5O/c1-4-13(5-6-16)19-7-9-20(10-8-19)15(21)14-11-18(3)17-12(14)2/h11,13H,4-10,16H2,1-3H3. The molecule has 1 aliphatic heterocycles. The SMILES string of the molecule is CCC(CCN)N1CCN(C(=O)c2cn(C)nc2C)CC1. The second-order valence-electron chi connectivity index (χ2n) is 5.77. The molecule has 0 aromatic carbocycles. The first kappa shape index (κ1) is 16.0. The van der Waals surface area contributed by atoms with Gasteiger partial charge in [-0.2, -0.15) is 5.10 Å². The first-order chi connectivity index (χ1) is 10.1. The summed E-state index contributed by atoms with van der Waals surface area (Å²) in [5.41, 5.74) is 7.21. The van der Waals surface area contributed by atoms with Crippen LogP contribution in [-0.4, -0.2) is 64.3 Å². The summed E-state index contributed by atoms with van der Waals surface area (Å²) >= 11 is 0. The molecule has 2 N–H and O–H groups in total. The third kappa shape index (κ3) is 3.63. The predicted molar refractivity (Wildman–Crippen MR) is 83.2 cm³/mol. The summed E-state index contributed by atoms with van der Waals surface area (Å²) in [6.07, 6.45) is 3.96. The van der Waals surface area contributed by atoms with Gasteiger partial charge in [0, 0.05) is 45.5 Å². The van der Waals surface area contributed by atoms with E-state index in [2.05, 4.69) is 16.9 Å². The highest BCUT2D eigenvalue weighted by Gasteiger charge is 2.26. The first-order valence-electron chi connectivity index (χ1n) is 7.80. The predicted octanol–water partition coefficient (Wildman–Crippen LogP) is 0.614. The van der Waals surface area contributed by atoms with E-state index in [1.807, 2.05) is 25.1 Å². The van der Waals surface area contributed by atoms with Crippen LogP contribution in [0.2, 0.25) is 0 Å². The summed E-state index contributed by atoms with van der Waals surface area (Å²) in [4.78, 5) is 16.9. The zero-order valence-electron chi connectivity index (χ0n) is 13.4. The van der Waals surface area contributed by atoms with Crippen LogP contribution in [0.25, 0.3) is 0 Å². The number of carbonyl (C=O) groups is 1. The molecule has 2 heterocycles. The molecule has 1 unspecified atom stereocenters. The van der Waals surface area contributed by atoms with Gasteiger partial charge in [-0.15, -0.1) is 0 Å². The summed E-state index contributed by atoms with van der Waals surface area (Å²) in [7, 11) is 1.85. The minimum atomic E-state index is 0.104. The third-order valence-corrected chi connectivity index (χ3v) is 4.33. The van der Waals surface area contributed by atoms with Crippen molar-refractivity contribution in [3.63, 3.8) is 0 Å². The van der Waals surface area contributed by atoms with E-state index < -0.39 is 0 Å². The lowest BCUT2D eigenvalue weighted by Gasteiger charge is -2.39. The summed E-state index contributed by atoms with van der Waals surface area (Å²) in [5.74, 6) is 0.104. The van der Waals surface area contributed by atoms with Gasteiger partial charge < -0.3 is 10.6 Å². The smallest absolute Gasteiger partial charge is 0.257 e. The van der Waals surface area contributed by atoms with Crippen LogP contribution in [-0.2, 0) is 7.05 Å². The maximum atomic E-state index is 12.5. The summed E-state index contributed by atoms with van der Waals surface area (Å²) in [6.45, 7) is 8.26. The first-order valence-corrected chi connectivity index (χ1v) is 7.80. The molecule has 0 radical (unpaired) electrons. The molecule has 1 aromatic rings. The molecule has 1 fully saturated rings. The van der Waals surface area contributed by atoms with Gasteiger partial charge in [-0.25, -0.2) is 0 Å². The van der Waals surface area contributed by atoms with E-state index in [9.17, 15) is 4.79 Å². The maximum absolute atomic E-state index is 12.5. The van der Waals surface area contributed by atoms with Crippen molar-refractivity contribution in [2.45, 2.75) is 32.7 Å². The van der Waals surface area contributed by atoms with Gasteiger partial charge in [-0.1, -0.05) is 6.92 Å².